The van der Waals surface area contributed by atoms with Gasteiger partial charge in [-0.1, -0.05) is 11.3 Å². The maximum Gasteiger partial charge on any atom is 0.245 e. The normalized spacial score (nSPS) is 13.0. The van der Waals surface area contributed by atoms with E-state index in [2.05, 4.69) is 4.99 Å². The largest absolute Gasteiger partial charge is 0.316 e. The monoisotopic (exact) mass is 344 g/mol. The molecule has 21 heavy (non-hydrogen) atoms. The molecule has 0 aliphatic heterocycles. The smallest absolute Gasteiger partial charge is 0.245 e. The molecule has 1 heterocycles. The molecule has 0 saturated carbocycles. The highest BCUT2D eigenvalue weighted by molar-refractivity contribution is 7.98. The highest BCUT2D eigenvalue weighted by atomic mass is 32.2. The molecule has 0 bridgehead atoms. The van der Waals surface area contributed by atoms with Crippen molar-refractivity contribution in [2.45, 2.75) is 18.4 Å². The number of thioether (sulfide) groups is 1. The topological polar surface area (TPSA) is 68.5 Å². The van der Waals surface area contributed by atoms with E-state index in [9.17, 15) is 13.2 Å². The molecule has 0 aliphatic carbocycles. The van der Waals surface area contributed by atoms with Gasteiger partial charge in [0, 0.05) is 25.5 Å². The Labute approximate surface area is 131 Å². The molecule has 0 fully saturated rings. The molecule has 0 N–H and O–H groups in total. The second kappa shape index (κ2) is 6.33. The van der Waals surface area contributed by atoms with Crippen LogP contribution in [0.3, 0.4) is 0 Å². The average Bonchev–Trinajstić information content (AvgIpc) is 2.70. The van der Waals surface area contributed by atoms with Crippen LogP contribution in [0.25, 0.3) is 10.2 Å². The van der Waals surface area contributed by atoms with E-state index in [1.54, 1.807) is 30.0 Å². The number of sulfone groups is 1. The highest BCUT2D eigenvalue weighted by Gasteiger charge is 2.12. The second-order valence-corrected chi connectivity index (χ2v) is 8.57. The first-order valence-electron chi connectivity index (χ1n) is 6.20. The summed E-state index contributed by atoms with van der Waals surface area (Å²) in [7, 11) is -3.24. The summed E-state index contributed by atoms with van der Waals surface area (Å²) in [6, 6.07) is 5.02. The molecule has 1 aromatic carbocycles. The van der Waals surface area contributed by atoms with Crippen LogP contribution < -0.4 is 4.80 Å². The summed E-state index contributed by atoms with van der Waals surface area (Å²) in [6.07, 6.45) is 3.20. The molecule has 0 spiro atoms. The lowest BCUT2D eigenvalue weighted by Gasteiger charge is -2.04. The van der Waals surface area contributed by atoms with Crippen LogP contribution in [0.5, 0.6) is 0 Å². The first-order valence-corrected chi connectivity index (χ1v) is 10.3. The Bertz CT molecular complexity index is 847. The number of benzene rings is 1. The summed E-state index contributed by atoms with van der Waals surface area (Å²) in [6.45, 7) is 2.14. The van der Waals surface area contributed by atoms with Crippen molar-refractivity contribution >= 4 is 49.1 Å². The summed E-state index contributed by atoms with van der Waals surface area (Å²) in [5, 5.41) is 0. The predicted octanol–water partition coefficient (Wildman–Crippen LogP) is 1.92. The van der Waals surface area contributed by atoms with Gasteiger partial charge >= 0.3 is 0 Å². The molecule has 0 radical (unpaired) electrons. The van der Waals surface area contributed by atoms with Crippen molar-refractivity contribution in [2.24, 2.45) is 4.99 Å². The first kappa shape index (κ1) is 16.3. The molecule has 2 rings (SSSR count). The molecule has 1 aromatic heterocycles. The van der Waals surface area contributed by atoms with Gasteiger partial charge in [-0.05, 0) is 24.5 Å². The Morgan fingerprint density at radius 2 is 2.14 bits per heavy atom. The minimum atomic E-state index is -3.24. The van der Waals surface area contributed by atoms with Crippen molar-refractivity contribution in [1.29, 1.82) is 0 Å². The van der Waals surface area contributed by atoms with Gasteiger partial charge in [-0.15, -0.1) is 0 Å². The molecular formula is C13H16N2O3S3. The zero-order valence-electron chi connectivity index (χ0n) is 12.0. The number of carbonyl (C=O) groups excluding carboxylic acids is 1. The number of carbonyl (C=O) groups is 1. The summed E-state index contributed by atoms with van der Waals surface area (Å²) in [4.78, 5) is 16.2. The van der Waals surface area contributed by atoms with Gasteiger partial charge in [0.15, 0.2) is 14.6 Å². The fourth-order valence-corrected chi connectivity index (χ4v) is 4.13. The molecular weight excluding hydrogens is 328 g/mol. The van der Waals surface area contributed by atoms with Crippen LogP contribution in [0.2, 0.25) is 0 Å². The molecule has 5 nitrogen and oxygen atoms in total. The van der Waals surface area contributed by atoms with Crippen LogP contribution in [0, 0.1) is 0 Å². The van der Waals surface area contributed by atoms with Crippen LogP contribution >= 0.6 is 23.1 Å². The molecule has 0 saturated heterocycles. The first-order chi connectivity index (χ1) is 9.82. The fourth-order valence-electron chi connectivity index (χ4n) is 1.90. The van der Waals surface area contributed by atoms with Crippen molar-refractivity contribution in [3.63, 3.8) is 0 Å². The SMILES string of the molecule is CSCCn1c(=NC(C)=O)sc2cc(S(C)(=O)=O)ccc21. The lowest BCUT2D eigenvalue weighted by atomic mass is 10.3. The van der Waals surface area contributed by atoms with Crippen molar-refractivity contribution in [1.82, 2.24) is 4.57 Å². The number of aromatic nitrogens is 1. The number of amides is 1. The zero-order chi connectivity index (χ0) is 15.6. The van der Waals surface area contributed by atoms with Crippen LogP contribution in [-0.2, 0) is 21.2 Å². The Balaban J connectivity index is 2.70. The quantitative estimate of drug-likeness (QED) is 0.850. The maximum absolute atomic E-state index is 11.6. The Kier molecular flexibility index (Phi) is 4.90. The van der Waals surface area contributed by atoms with E-state index in [-0.39, 0.29) is 10.8 Å². The van der Waals surface area contributed by atoms with Crippen molar-refractivity contribution in [3.8, 4) is 0 Å². The number of hydrogen-bond donors (Lipinski definition) is 0. The third-order valence-corrected chi connectivity index (χ3v) is 5.60. The number of fused-ring (bicyclic) bond motifs is 1. The van der Waals surface area contributed by atoms with E-state index in [0.717, 1.165) is 22.5 Å². The molecule has 0 unspecified atom stereocenters. The zero-order valence-corrected chi connectivity index (χ0v) is 14.4. The van der Waals surface area contributed by atoms with Gasteiger partial charge < -0.3 is 4.57 Å². The van der Waals surface area contributed by atoms with Crippen LogP contribution in [0.1, 0.15) is 6.92 Å². The van der Waals surface area contributed by atoms with E-state index in [1.807, 2.05) is 10.8 Å². The van der Waals surface area contributed by atoms with Crippen LogP contribution in [-0.4, -0.2) is 37.2 Å². The van der Waals surface area contributed by atoms with Gasteiger partial charge in [-0.2, -0.15) is 16.8 Å². The maximum atomic E-state index is 11.6. The minimum Gasteiger partial charge on any atom is -0.316 e. The lowest BCUT2D eigenvalue weighted by Crippen LogP contribution is -2.17. The summed E-state index contributed by atoms with van der Waals surface area (Å²) >= 11 is 3.04. The summed E-state index contributed by atoms with van der Waals surface area (Å²) < 4.78 is 26.1. The third-order valence-electron chi connectivity index (χ3n) is 2.85. The third kappa shape index (κ3) is 3.75. The van der Waals surface area contributed by atoms with Crippen molar-refractivity contribution in [2.75, 3.05) is 18.3 Å². The van der Waals surface area contributed by atoms with Crippen molar-refractivity contribution in [3.05, 3.63) is 23.0 Å². The minimum absolute atomic E-state index is 0.261. The fraction of sp³-hybridized carbons (Fsp3) is 0.385. The van der Waals surface area contributed by atoms with Crippen LogP contribution in [0.4, 0.5) is 0 Å². The summed E-state index contributed by atoms with van der Waals surface area (Å²) in [5.41, 5.74) is 0.904. The van der Waals surface area contributed by atoms with E-state index in [4.69, 9.17) is 0 Å². The predicted molar refractivity (Wildman–Crippen MR) is 87.6 cm³/mol. The number of rotatable bonds is 4. The standard InChI is InChI=1S/C13H16N2O3S3/c1-9(16)14-13-15(6-7-19-2)11-5-4-10(21(3,17)18)8-12(11)20-13/h4-5,8H,6-7H2,1-3H3. The number of hydrogen-bond acceptors (Lipinski definition) is 5. The molecule has 0 atom stereocenters. The van der Waals surface area contributed by atoms with Gasteiger partial charge in [-0.25, -0.2) is 8.42 Å². The molecule has 0 aliphatic rings. The average molecular weight is 344 g/mol. The number of aryl methyl sites for hydroxylation is 1. The Morgan fingerprint density at radius 3 is 2.71 bits per heavy atom. The van der Waals surface area contributed by atoms with Gasteiger partial charge in [0.1, 0.15) is 0 Å². The van der Waals surface area contributed by atoms with E-state index in [0.29, 0.717) is 4.80 Å². The highest BCUT2D eigenvalue weighted by Crippen LogP contribution is 2.22. The number of thiazole rings is 1. The van der Waals surface area contributed by atoms with E-state index >= 15 is 0 Å². The Morgan fingerprint density at radius 1 is 1.43 bits per heavy atom. The lowest BCUT2D eigenvalue weighted by molar-refractivity contribution is -0.116. The van der Waals surface area contributed by atoms with Gasteiger partial charge in [0.25, 0.3) is 0 Å². The molecule has 8 heteroatoms. The van der Waals surface area contributed by atoms with E-state index in [1.165, 1.54) is 24.5 Å². The van der Waals surface area contributed by atoms with Gasteiger partial charge in [-0.3, -0.25) is 4.79 Å². The molecule has 2 aromatic rings. The van der Waals surface area contributed by atoms with Crippen molar-refractivity contribution < 1.29 is 13.2 Å². The Hall–Kier alpha value is -1.12. The summed E-state index contributed by atoms with van der Waals surface area (Å²) in [5.74, 6) is 0.632. The second-order valence-electron chi connectivity index (χ2n) is 4.56. The van der Waals surface area contributed by atoms with Gasteiger partial charge in [0.2, 0.25) is 5.91 Å². The van der Waals surface area contributed by atoms with E-state index < -0.39 is 9.84 Å². The molecule has 114 valence electrons. The number of nitrogens with zero attached hydrogens (tertiary/aromatic N) is 2. The van der Waals surface area contributed by atoms with Gasteiger partial charge in [0.05, 0.1) is 15.1 Å². The van der Waals surface area contributed by atoms with Crippen LogP contribution in [0.15, 0.2) is 28.1 Å². The molecule has 1 amide bonds.